The molecule has 0 saturated heterocycles. The molecule has 0 spiro atoms. The molecule has 3 heterocycles. The van der Waals surface area contributed by atoms with Crippen molar-refractivity contribution in [3.8, 4) is 28.7 Å². The van der Waals surface area contributed by atoms with Crippen LogP contribution >= 0.6 is 0 Å². The molecular formula is C29H28O8S. The Balaban J connectivity index is 1.38. The van der Waals surface area contributed by atoms with Gasteiger partial charge in [-0.05, 0) is 48.4 Å². The molecule has 0 aromatic heterocycles. The third kappa shape index (κ3) is 3.48. The third-order valence-electron chi connectivity index (χ3n) is 7.41. The molecule has 3 aliphatic heterocycles. The van der Waals surface area contributed by atoms with Gasteiger partial charge in [0.2, 0.25) is 17.3 Å². The van der Waals surface area contributed by atoms with Crippen molar-refractivity contribution in [1.82, 2.24) is 0 Å². The summed E-state index contributed by atoms with van der Waals surface area (Å²) in [5.74, 6) is 0.778. The SMILES string of the molecule is Cc1ccc(S(=O)(=O)OC23COc4c(ccc5c4OC(C)(C)O5)C2c2cc4c(cc2C3)OC(C)(C)O4)cc1. The van der Waals surface area contributed by atoms with E-state index in [0.29, 0.717) is 35.2 Å². The molecule has 0 N–H and O–H groups in total. The summed E-state index contributed by atoms with van der Waals surface area (Å²) in [6.07, 6.45) is 0.314. The Bertz CT molecular complexity index is 1610. The smallest absolute Gasteiger partial charge is 0.297 e. The van der Waals surface area contributed by atoms with Crippen molar-refractivity contribution < 1.29 is 36.3 Å². The fourth-order valence-electron chi connectivity index (χ4n) is 5.95. The van der Waals surface area contributed by atoms with Crippen molar-refractivity contribution in [3.63, 3.8) is 0 Å². The van der Waals surface area contributed by atoms with Gasteiger partial charge in [0.05, 0.1) is 4.90 Å². The predicted octanol–water partition coefficient (Wildman–Crippen LogP) is 5.23. The number of fused-ring (bicyclic) bond motifs is 8. The third-order valence-corrected chi connectivity index (χ3v) is 8.81. The van der Waals surface area contributed by atoms with Gasteiger partial charge < -0.3 is 23.7 Å². The topological polar surface area (TPSA) is 89.5 Å². The van der Waals surface area contributed by atoms with Crippen LogP contribution in [0.25, 0.3) is 0 Å². The molecule has 3 aromatic carbocycles. The molecule has 38 heavy (non-hydrogen) atoms. The molecule has 1 aliphatic carbocycles. The van der Waals surface area contributed by atoms with Crippen LogP contribution in [0.1, 0.15) is 55.9 Å². The molecule has 0 radical (unpaired) electrons. The summed E-state index contributed by atoms with van der Waals surface area (Å²) >= 11 is 0. The standard InChI is InChI=1S/C29H28O8S/c1-16-6-8-18(9-7-16)38(30,31)37-29-14-17-12-22-23(35-27(2,3)34-22)13-20(17)24(29)19-10-11-21-26(25(19)32-15-29)36-28(4,5)33-21/h6-13,24H,14-15H2,1-5H3. The summed E-state index contributed by atoms with van der Waals surface area (Å²) in [6.45, 7) is 9.27. The van der Waals surface area contributed by atoms with Gasteiger partial charge in [0.15, 0.2) is 23.0 Å². The number of ether oxygens (including phenoxy) is 5. The van der Waals surface area contributed by atoms with Crippen molar-refractivity contribution in [1.29, 1.82) is 0 Å². The van der Waals surface area contributed by atoms with E-state index in [1.54, 1.807) is 24.3 Å². The monoisotopic (exact) mass is 536 g/mol. The van der Waals surface area contributed by atoms with Gasteiger partial charge in [-0.15, -0.1) is 0 Å². The molecule has 4 aliphatic rings. The van der Waals surface area contributed by atoms with Crippen molar-refractivity contribution in [2.75, 3.05) is 6.61 Å². The van der Waals surface area contributed by atoms with E-state index >= 15 is 0 Å². The van der Waals surface area contributed by atoms with E-state index in [4.69, 9.17) is 27.9 Å². The Morgan fingerprint density at radius 3 is 2.18 bits per heavy atom. The van der Waals surface area contributed by atoms with E-state index in [-0.39, 0.29) is 11.5 Å². The minimum Gasteiger partial charge on any atom is -0.486 e. The largest absolute Gasteiger partial charge is 0.486 e. The van der Waals surface area contributed by atoms with Gasteiger partial charge in [-0.3, -0.25) is 4.18 Å². The lowest BCUT2D eigenvalue weighted by Gasteiger charge is -2.39. The van der Waals surface area contributed by atoms with Crippen LogP contribution in [0.4, 0.5) is 0 Å². The van der Waals surface area contributed by atoms with E-state index in [2.05, 4.69) is 0 Å². The lowest BCUT2D eigenvalue weighted by atomic mass is 9.80. The number of benzene rings is 3. The fraction of sp³-hybridized carbons (Fsp3) is 0.379. The first-order valence-electron chi connectivity index (χ1n) is 12.6. The van der Waals surface area contributed by atoms with E-state index in [9.17, 15) is 8.42 Å². The highest BCUT2D eigenvalue weighted by molar-refractivity contribution is 7.86. The molecule has 9 heteroatoms. The molecule has 2 unspecified atom stereocenters. The Morgan fingerprint density at radius 1 is 0.789 bits per heavy atom. The lowest BCUT2D eigenvalue weighted by molar-refractivity contribution is -0.0457. The van der Waals surface area contributed by atoms with Crippen LogP contribution in [0.3, 0.4) is 0 Å². The van der Waals surface area contributed by atoms with Crippen LogP contribution in [0.2, 0.25) is 0 Å². The van der Waals surface area contributed by atoms with E-state index in [1.165, 1.54) is 0 Å². The Labute approximate surface area is 221 Å². The predicted molar refractivity (Wildman–Crippen MR) is 137 cm³/mol. The highest BCUT2D eigenvalue weighted by Gasteiger charge is 2.57. The quantitative estimate of drug-likeness (QED) is 0.420. The maximum Gasteiger partial charge on any atom is 0.297 e. The second kappa shape index (κ2) is 7.36. The van der Waals surface area contributed by atoms with Crippen LogP contribution in [0, 0.1) is 6.92 Å². The van der Waals surface area contributed by atoms with Gasteiger partial charge in [-0.2, -0.15) is 8.42 Å². The number of hydrogen-bond donors (Lipinski definition) is 0. The highest BCUT2D eigenvalue weighted by atomic mass is 32.2. The number of aryl methyl sites for hydroxylation is 1. The van der Waals surface area contributed by atoms with E-state index in [0.717, 1.165) is 22.3 Å². The van der Waals surface area contributed by atoms with E-state index < -0.39 is 33.2 Å². The van der Waals surface area contributed by atoms with Crippen LogP contribution < -0.4 is 23.7 Å². The summed E-state index contributed by atoms with van der Waals surface area (Å²) < 4.78 is 63.7. The molecule has 0 fully saturated rings. The normalized spacial score (nSPS) is 24.8. The average Bonchev–Trinajstić information content (AvgIpc) is 3.41. The van der Waals surface area contributed by atoms with Crippen LogP contribution in [0.15, 0.2) is 53.4 Å². The molecule has 0 saturated carbocycles. The molecule has 2 atom stereocenters. The molecule has 0 bridgehead atoms. The van der Waals surface area contributed by atoms with Gasteiger partial charge in [-0.1, -0.05) is 23.8 Å². The molecule has 7 rings (SSSR count). The summed E-state index contributed by atoms with van der Waals surface area (Å²) in [5.41, 5.74) is 2.34. The second-order valence-corrected chi connectivity index (χ2v) is 12.9. The Kier molecular flexibility index (Phi) is 4.58. The number of hydrogen-bond acceptors (Lipinski definition) is 8. The van der Waals surface area contributed by atoms with Crippen LogP contribution in [0.5, 0.6) is 28.7 Å². The zero-order chi connectivity index (χ0) is 26.7. The zero-order valence-corrected chi connectivity index (χ0v) is 22.6. The molecule has 0 amide bonds. The molecule has 8 nitrogen and oxygen atoms in total. The summed E-state index contributed by atoms with van der Waals surface area (Å²) in [5, 5.41) is 0. The maximum atomic E-state index is 13.6. The van der Waals surface area contributed by atoms with Gasteiger partial charge >= 0.3 is 0 Å². The lowest BCUT2D eigenvalue weighted by Crippen LogP contribution is -2.48. The van der Waals surface area contributed by atoms with E-state index in [1.807, 2.05) is 58.9 Å². The second-order valence-electron chi connectivity index (χ2n) is 11.3. The zero-order valence-electron chi connectivity index (χ0n) is 21.8. The van der Waals surface area contributed by atoms with Gasteiger partial charge in [0.1, 0.15) is 12.2 Å². The Hall–Kier alpha value is -3.43. The van der Waals surface area contributed by atoms with Gasteiger partial charge in [0.25, 0.3) is 10.1 Å². The highest BCUT2D eigenvalue weighted by Crippen LogP contribution is 2.60. The maximum absolute atomic E-state index is 13.6. The first-order valence-corrected chi connectivity index (χ1v) is 14.0. The minimum absolute atomic E-state index is 0.00253. The Morgan fingerprint density at radius 2 is 1.45 bits per heavy atom. The molecular weight excluding hydrogens is 508 g/mol. The van der Waals surface area contributed by atoms with Crippen LogP contribution in [-0.4, -0.2) is 32.2 Å². The average molecular weight is 537 g/mol. The molecule has 3 aromatic rings. The first-order chi connectivity index (χ1) is 17.8. The van der Waals surface area contributed by atoms with Gasteiger partial charge in [0, 0.05) is 45.6 Å². The van der Waals surface area contributed by atoms with Gasteiger partial charge in [-0.25, -0.2) is 0 Å². The van der Waals surface area contributed by atoms with Crippen molar-refractivity contribution in [3.05, 3.63) is 70.8 Å². The summed E-state index contributed by atoms with van der Waals surface area (Å²) in [4.78, 5) is 0.0984. The van der Waals surface area contributed by atoms with Crippen molar-refractivity contribution in [2.45, 2.75) is 69.0 Å². The molecule has 198 valence electrons. The summed E-state index contributed by atoms with van der Waals surface area (Å²) in [6, 6.07) is 14.3. The van der Waals surface area contributed by atoms with Crippen molar-refractivity contribution >= 4 is 10.1 Å². The van der Waals surface area contributed by atoms with Crippen LogP contribution in [-0.2, 0) is 20.7 Å². The number of rotatable bonds is 3. The minimum atomic E-state index is -4.12. The fourth-order valence-corrected chi connectivity index (χ4v) is 7.16. The summed E-state index contributed by atoms with van der Waals surface area (Å²) in [7, 11) is -4.12. The first kappa shape index (κ1) is 23.7. The van der Waals surface area contributed by atoms with Crippen molar-refractivity contribution in [2.24, 2.45) is 0 Å².